The maximum Gasteiger partial charge on any atom is 0.472 e. The van der Waals surface area contributed by atoms with Gasteiger partial charge in [-0.2, -0.15) is 0 Å². The number of likely N-dealkylation sites (N-methyl/N-ethyl adjacent to an activating group) is 1. The molecule has 10 heteroatoms. The van der Waals surface area contributed by atoms with E-state index in [2.05, 4.69) is 62.5 Å². The van der Waals surface area contributed by atoms with Gasteiger partial charge in [-0.1, -0.05) is 172 Å². The lowest BCUT2D eigenvalue weighted by Gasteiger charge is -2.24. The summed E-state index contributed by atoms with van der Waals surface area (Å²) in [4.78, 5) is 35.5. The fourth-order valence-corrected chi connectivity index (χ4v) is 7.40. The number of ether oxygens (including phenoxy) is 2. The summed E-state index contributed by atoms with van der Waals surface area (Å²) in [6.45, 7) is 4.39. The average molecular weight is 881 g/mol. The average Bonchev–Trinajstić information content (AvgIpc) is 3.21. The van der Waals surface area contributed by atoms with Crippen molar-refractivity contribution in [1.29, 1.82) is 0 Å². The van der Waals surface area contributed by atoms with Crippen LogP contribution in [-0.2, 0) is 32.7 Å². The molecule has 0 radical (unpaired) electrons. The smallest absolute Gasteiger partial charge is 0.462 e. The van der Waals surface area contributed by atoms with Crippen LogP contribution in [-0.4, -0.2) is 74.9 Å². The monoisotopic (exact) mass is 881 g/mol. The molecule has 2 unspecified atom stereocenters. The second-order valence-electron chi connectivity index (χ2n) is 17.8. The lowest BCUT2D eigenvalue weighted by Crippen LogP contribution is -2.37. The maximum absolute atomic E-state index is 12.7. The molecule has 0 aromatic carbocycles. The minimum atomic E-state index is -4.38. The van der Waals surface area contributed by atoms with Gasteiger partial charge in [0.1, 0.15) is 19.8 Å². The van der Waals surface area contributed by atoms with Crippen LogP contribution < -0.4 is 0 Å². The molecule has 2 atom stereocenters. The molecule has 0 saturated heterocycles. The molecule has 0 aromatic heterocycles. The first-order chi connectivity index (χ1) is 29.5. The Kier molecular flexibility index (Phi) is 41.8. The molecular formula is C51H95NO8P+. The SMILES string of the molecule is CCCCCC/C=C\C/C=C\CCCCCCCC(=O)OCC(COP(=O)(O)OCC[N+](C)(C)C)OC(=O)CCCCCCCCCCC/C=C\C/C=C\CCCCCCC. The second-order valence-corrected chi connectivity index (χ2v) is 19.3. The molecule has 0 aromatic rings. The summed E-state index contributed by atoms with van der Waals surface area (Å²) in [5.74, 6) is -0.817. The molecule has 61 heavy (non-hydrogen) atoms. The lowest BCUT2D eigenvalue weighted by molar-refractivity contribution is -0.870. The standard InChI is InChI=1S/C51H94NO8P/c1-6-8-10-12-14-16-18-20-22-24-25-26-27-28-30-32-34-36-38-40-42-44-51(54)60-49(48-59-61(55,56)58-46-45-52(3,4)5)47-57-50(53)43-41-39-37-35-33-31-29-23-21-19-17-15-13-11-9-7-2/h17-20,23-25,29,49H,6-16,21-22,26-28,30-48H2,1-5H3/p+1/b19-17-,20-18-,25-24-,29-23-. The minimum Gasteiger partial charge on any atom is -0.462 e. The molecule has 1 N–H and O–H groups in total. The number of nitrogens with zero attached hydrogens (tertiary/aromatic N) is 1. The topological polar surface area (TPSA) is 108 Å². The van der Waals surface area contributed by atoms with E-state index in [1.54, 1.807) is 0 Å². The molecule has 0 aliphatic heterocycles. The third-order valence-corrected chi connectivity index (χ3v) is 11.6. The number of carbonyl (C=O) groups is 2. The molecule has 0 aliphatic rings. The Morgan fingerprint density at radius 2 is 0.885 bits per heavy atom. The van der Waals surface area contributed by atoms with Gasteiger partial charge in [0.05, 0.1) is 27.7 Å². The maximum atomic E-state index is 12.7. The molecule has 356 valence electrons. The molecule has 0 aliphatic carbocycles. The summed E-state index contributed by atoms with van der Waals surface area (Å²) in [5.41, 5.74) is 0. The van der Waals surface area contributed by atoms with Crippen LogP contribution in [0, 0.1) is 0 Å². The summed E-state index contributed by atoms with van der Waals surface area (Å²) < 4.78 is 34.4. The highest BCUT2D eigenvalue weighted by Gasteiger charge is 2.27. The number of esters is 2. The van der Waals surface area contributed by atoms with Crippen LogP contribution in [0.2, 0.25) is 0 Å². The summed E-state index contributed by atoms with van der Waals surface area (Å²) in [6.07, 6.45) is 51.5. The Balaban J connectivity index is 4.30. The molecule has 0 amide bonds. The van der Waals surface area contributed by atoms with Gasteiger partial charge >= 0.3 is 19.8 Å². The summed E-state index contributed by atoms with van der Waals surface area (Å²) in [6, 6.07) is 0. The van der Waals surface area contributed by atoms with Crippen molar-refractivity contribution in [2.24, 2.45) is 0 Å². The van der Waals surface area contributed by atoms with Crippen LogP contribution in [0.3, 0.4) is 0 Å². The molecule has 0 spiro atoms. The van der Waals surface area contributed by atoms with Crippen LogP contribution in [0.25, 0.3) is 0 Å². The normalized spacial score (nSPS) is 13.9. The summed E-state index contributed by atoms with van der Waals surface area (Å²) in [5, 5.41) is 0. The Hall–Kier alpha value is -2.03. The van der Waals surface area contributed by atoms with Crippen LogP contribution in [0.1, 0.15) is 213 Å². The number of phosphoric acid groups is 1. The number of unbranched alkanes of at least 4 members (excludes halogenated alkanes) is 23. The van der Waals surface area contributed by atoms with E-state index in [4.69, 9.17) is 18.5 Å². The van der Waals surface area contributed by atoms with E-state index in [-0.39, 0.29) is 32.0 Å². The lowest BCUT2D eigenvalue weighted by atomic mass is 10.1. The fourth-order valence-electron chi connectivity index (χ4n) is 6.66. The van der Waals surface area contributed by atoms with Gasteiger partial charge in [-0.25, -0.2) is 4.57 Å². The molecule has 9 nitrogen and oxygen atoms in total. The minimum absolute atomic E-state index is 0.0274. The van der Waals surface area contributed by atoms with Crippen molar-refractivity contribution in [3.05, 3.63) is 48.6 Å². The number of allylic oxidation sites excluding steroid dienone is 8. The predicted octanol–water partition coefficient (Wildman–Crippen LogP) is 14.6. The largest absolute Gasteiger partial charge is 0.472 e. The second kappa shape index (κ2) is 43.2. The zero-order valence-electron chi connectivity index (χ0n) is 40.1. The Labute approximate surface area is 375 Å². The predicted molar refractivity (Wildman–Crippen MR) is 257 cm³/mol. The van der Waals surface area contributed by atoms with Crippen molar-refractivity contribution in [3.8, 4) is 0 Å². The van der Waals surface area contributed by atoms with Crippen molar-refractivity contribution in [3.63, 3.8) is 0 Å². The molecule has 0 heterocycles. The van der Waals surface area contributed by atoms with Gasteiger partial charge in [0.15, 0.2) is 6.10 Å². The van der Waals surface area contributed by atoms with E-state index in [0.29, 0.717) is 17.4 Å². The van der Waals surface area contributed by atoms with E-state index in [1.807, 2.05) is 21.1 Å². The third-order valence-electron chi connectivity index (χ3n) is 10.6. The zero-order valence-corrected chi connectivity index (χ0v) is 41.0. The van der Waals surface area contributed by atoms with Gasteiger partial charge in [0.2, 0.25) is 0 Å². The third kappa shape index (κ3) is 47.3. The zero-order chi connectivity index (χ0) is 45.0. The molecule has 0 bridgehead atoms. The first kappa shape index (κ1) is 59.0. The molecule has 0 rings (SSSR count). The van der Waals surface area contributed by atoms with E-state index < -0.39 is 26.5 Å². The van der Waals surface area contributed by atoms with Gasteiger partial charge < -0.3 is 18.9 Å². The van der Waals surface area contributed by atoms with Crippen molar-refractivity contribution in [2.45, 2.75) is 219 Å². The van der Waals surface area contributed by atoms with Crippen LogP contribution in [0.15, 0.2) is 48.6 Å². The van der Waals surface area contributed by atoms with Gasteiger partial charge in [-0.05, 0) is 77.0 Å². The first-order valence-electron chi connectivity index (χ1n) is 24.9. The number of rotatable bonds is 45. The fraction of sp³-hybridized carbons (Fsp3) is 0.804. The quantitative estimate of drug-likeness (QED) is 0.0212. The van der Waals surface area contributed by atoms with E-state index in [1.165, 1.54) is 103 Å². The van der Waals surface area contributed by atoms with Crippen molar-refractivity contribution >= 4 is 19.8 Å². The van der Waals surface area contributed by atoms with Crippen molar-refractivity contribution < 1.29 is 42.1 Å². The number of phosphoric ester groups is 1. The van der Waals surface area contributed by atoms with Crippen LogP contribution >= 0.6 is 7.82 Å². The Morgan fingerprint density at radius 3 is 1.31 bits per heavy atom. The van der Waals surface area contributed by atoms with Gasteiger partial charge in [0.25, 0.3) is 0 Å². The molecule has 0 fully saturated rings. The van der Waals surface area contributed by atoms with Crippen molar-refractivity contribution in [2.75, 3.05) is 47.5 Å². The highest BCUT2D eigenvalue weighted by Crippen LogP contribution is 2.43. The summed E-state index contributed by atoms with van der Waals surface area (Å²) in [7, 11) is 1.46. The number of hydrogen-bond donors (Lipinski definition) is 1. The number of carbonyl (C=O) groups excluding carboxylic acids is 2. The van der Waals surface area contributed by atoms with E-state index in [0.717, 1.165) is 77.0 Å². The number of hydrogen-bond acceptors (Lipinski definition) is 7. The highest BCUT2D eigenvalue weighted by molar-refractivity contribution is 7.47. The van der Waals surface area contributed by atoms with E-state index in [9.17, 15) is 19.0 Å². The van der Waals surface area contributed by atoms with Crippen molar-refractivity contribution in [1.82, 2.24) is 0 Å². The Morgan fingerprint density at radius 1 is 0.508 bits per heavy atom. The molecule has 0 saturated carbocycles. The molecular weight excluding hydrogens is 786 g/mol. The van der Waals surface area contributed by atoms with Crippen LogP contribution in [0.4, 0.5) is 0 Å². The first-order valence-corrected chi connectivity index (χ1v) is 26.4. The van der Waals surface area contributed by atoms with Gasteiger partial charge in [-0.3, -0.25) is 18.6 Å². The Bertz CT molecular complexity index is 1180. The number of quaternary nitrogens is 1. The van der Waals surface area contributed by atoms with Gasteiger partial charge in [-0.15, -0.1) is 0 Å². The summed E-state index contributed by atoms with van der Waals surface area (Å²) >= 11 is 0. The highest BCUT2D eigenvalue weighted by atomic mass is 31.2. The van der Waals surface area contributed by atoms with Gasteiger partial charge in [0, 0.05) is 12.8 Å². The van der Waals surface area contributed by atoms with Crippen LogP contribution in [0.5, 0.6) is 0 Å². The van der Waals surface area contributed by atoms with E-state index >= 15 is 0 Å².